The maximum absolute atomic E-state index is 12.9. The Kier molecular flexibility index (Phi) is 20.0. The quantitative estimate of drug-likeness (QED) is 0.102. The summed E-state index contributed by atoms with van der Waals surface area (Å²) in [7, 11) is 0.549. The summed E-state index contributed by atoms with van der Waals surface area (Å²) < 4.78 is 47.3. The van der Waals surface area contributed by atoms with Gasteiger partial charge in [0.25, 0.3) is 0 Å². The van der Waals surface area contributed by atoms with Crippen molar-refractivity contribution in [1.82, 2.24) is 39.7 Å². The van der Waals surface area contributed by atoms with E-state index in [4.69, 9.17) is 46.3 Å². The van der Waals surface area contributed by atoms with Gasteiger partial charge in [0.2, 0.25) is 0 Å². The van der Waals surface area contributed by atoms with Crippen LogP contribution >= 0.6 is 80.0 Å². The zero-order valence-corrected chi connectivity index (χ0v) is 37.0. The molecule has 0 atom stereocenters. The second kappa shape index (κ2) is 25.3. The number of nitrogens with one attached hydrogen (secondary N) is 1. The lowest BCUT2D eigenvalue weighted by Gasteiger charge is -1.99. The van der Waals surface area contributed by atoms with Crippen molar-refractivity contribution in [3.8, 4) is 41.3 Å². The van der Waals surface area contributed by atoms with Crippen molar-refractivity contribution in [2.24, 2.45) is 0 Å². The first-order chi connectivity index (χ1) is 28.9. The van der Waals surface area contributed by atoms with Gasteiger partial charge in [0.1, 0.15) is 39.7 Å². The summed E-state index contributed by atoms with van der Waals surface area (Å²) in [5, 5.41) is 24.0. The number of hydrogen-bond acceptors (Lipinski definition) is 7. The van der Waals surface area contributed by atoms with Crippen LogP contribution in [0.5, 0.6) is 5.75 Å². The minimum atomic E-state index is -0.328. The molecule has 301 valence electrons. The molecule has 0 aliphatic heterocycles. The molecule has 0 spiro atoms. The maximum atomic E-state index is 12.9. The van der Waals surface area contributed by atoms with Crippen molar-refractivity contribution >= 4 is 87.7 Å². The largest absolute Gasteiger partial charge is 0.569 e. The van der Waals surface area contributed by atoms with Crippen LogP contribution in [0.2, 0.25) is 15.5 Å². The van der Waals surface area contributed by atoms with E-state index in [1.54, 1.807) is 70.7 Å². The number of hydrogen-bond donors (Lipinski definition) is 2. The van der Waals surface area contributed by atoms with Crippen LogP contribution in [0, 0.1) is 48.8 Å². The third kappa shape index (κ3) is 16.4. The number of H-pyrrole nitrogens is 1. The lowest BCUT2D eigenvalue weighted by atomic mass is 10.3. The Hall–Kier alpha value is -5.35. The highest BCUT2D eigenvalue weighted by Gasteiger charge is 2.07. The van der Waals surface area contributed by atoms with Crippen LogP contribution in [0.3, 0.4) is 0 Å². The molecule has 0 unspecified atom stereocenters. The molecule has 1 radical (unpaired) electrons. The van der Waals surface area contributed by atoms with Crippen LogP contribution in [0.15, 0.2) is 140 Å². The Balaban J connectivity index is 0.000000177. The van der Waals surface area contributed by atoms with Crippen molar-refractivity contribution in [2.75, 3.05) is 0 Å². The molecule has 0 aliphatic carbocycles. The van der Waals surface area contributed by atoms with Crippen LogP contribution in [-0.2, 0) is 0 Å². The van der Waals surface area contributed by atoms with E-state index >= 15 is 0 Å². The molecule has 60 heavy (non-hydrogen) atoms. The predicted octanol–water partition coefficient (Wildman–Crippen LogP) is 10.2. The van der Waals surface area contributed by atoms with Gasteiger partial charge in [-0.15, -0.1) is 6.42 Å². The van der Waals surface area contributed by atoms with Crippen molar-refractivity contribution in [3.05, 3.63) is 197 Å². The molecular formula is C41H26BCl3F3I2N8O2. The van der Waals surface area contributed by atoms with Gasteiger partial charge in [-0.2, -0.15) is 15.3 Å². The van der Waals surface area contributed by atoms with Gasteiger partial charge < -0.3 is 9.68 Å². The van der Waals surface area contributed by atoms with Gasteiger partial charge in [0.15, 0.2) is 10.3 Å². The number of nitrogens with zero attached hydrogens (tertiary/aromatic N) is 7. The fourth-order valence-electron chi connectivity index (χ4n) is 4.07. The van der Waals surface area contributed by atoms with E-state index in [2.05, 4.69) is 98.0 Å². The summed E-state index contributed by atoms with van der Waals surface area (Å²) in [6.07, 6.45) is 13.5. The highest BCUT2D eigenvalue weighted by molar-refractivity contribution is 14.1. The normalized spacial score (nSPS) is 9.60. The number of aromatic nitrogens is 8. The molecule has 19 heteroatoms. The highest BCUT2D eigenvalue weighted by atomic mass is 127. The van der Waals surface area contributed by atoms with E-state index in [1.807, 2.05) is 30.3 Å². The lowest BCUT2D eigenvalue weighted by molar-refractivity contribution is 0.453. The molecular weight excluding hydrogens is 1060 g/mol. The third-order valence-electron chi connectivity index (χ3n) is 6.84. The van der Waals surface area contributed by atoms with Crippen molar-refractivity contribution in [1.29, 1.82) is 0 Å². The molecule has 3 aromatic carbocycles. The monoisotopic (exact) mass is 1090 g/mol. The van der Waals surface area contributed by atoms with Crippen LogP contribution in [0.25, 0.3) is 11.4 Å². The summed E-state index contributed by atoms with van der Waals surface area (Å²) in [4.78, 5) is 7.97. The average molecular weight is 1090 g/mol. The number of halogens is 8. The topological polar surface area (TPSA) is 120 Å². The predicted molar refractivity (Wildman–Crippen MR) is 243 cm³/mol. The summed E-state index contributed by atoms with van der Waals surface area (Å²) >= 11 is 21.5. The molecule has 0 fully saturated rings. The number of benzene rings is 3. The minimum absolute atomic E-state index is 0.262. The van der Waals surface area contributed by atoms with Crippen molar-refractivity contribution < 1.29 is 22.8 Å². The number of terminal acetylenes is 1. The Morgan fingerprint density at radius 2 is 1.18 bits per heavy atom. The molecule has 5 heterocycles. The third-order valence-corrected chi connectivity index (χ3v) is 9.93. The Bertz CT molecular complexity index is 2590. The van der Waals surface area contributed by atoms with Gasteiger partial charge in [-0.1, -0.05) is 58.8 Å². The smallest absolute Gasteiger partial charge is 0.537 e. The molecule has 2 N–H and O–H groups in total. The number of rotatable bonds is 4. The molecule has 10 nitrogen and oxygen atoms in total. The molecule has 0 aliphatic rings. The van der Waals surface area contributed by atoms with Gasteiger partial charge in [-0.3, -0.25) is 5.10 Å². The second-order valence-electron chi connectivity index (χ2n) is 11.0. The minimum Gasteiger partial charge on any atom is -0.537 e. The standard InChI is InChI=1S/C16H9ClFN3.C9H5ClFIN2.C7H5N.C6H5BFO2.C3H2ClIN2/c17-16-12(4-7-14-3-1-2-10-19-14)11-21(20-16)15-8-5-13(18)6-9-15;10-9-8(12)5-14(13-9)7-3-1-6(11)2-4-7;1-2-7-5-3-4-6-8-7;8-5-1-3-6(4-2-5)10-7-9;4-3-2(5)1-6-7-3/h1-3,5-6,8-11H;1-5H;1,3-6H;1-4,9H;1H,(H,6,7). The van der Waals surface area contributed by atoms with Crippen LogP contribution in [0.4, 0.5) is 13.2 Å². The molecule has 8 aromatic rings. The summed E-state index contributed by atoms with van der Waals surface area (Å²) in [5.74, 6) is 7.78. The molecule has 0 amide bonds. The van der Waals surface area contributed by atoms with Crippen LogP contribution < -0.4 is 4.65 Å². The van der Waals surface area contributed by atoms with Crippen LogP contribution in [0.1, 0.15) is 17.0 Å². The summed E-state index contributed by atoms with van der Waals surface area (Å²) in [5.41, 5.74) is 3.43. The molecule has 0 saturated heterocycles. The summed E-state index contributed by atoms with van der Waals surface area (Å²) in [6, 6.07) is 28.4. The zero-order valence-electron chi connectivity index (χ0n) is 30.4. The number of pyridine rings is 2. The van der Waals surface area contributed by atoms with Crippen molar-refractivity contribution in [2.45, 2.75) is 0 Å². The Morgan fingerprint density at radius 1 is 0.667 bits per heavy atom. The fraction of sp³-hybridized carbons (Fsp3) is 0. The van der Waals surface area contributed by atoms with E-state index in [0.29, 0.717) is 51.5 Å². The van der Waals surface area contributed by atoms with E-state index in [0.717, 1.165) is 12.8 Å². The van der Waals surface area contributed by atoms with Gasteiger partial charge in [0.05, 0.1) is 30.3 Å². The van der Waals surface area contributed by atoms with E-state index in [9.17, 15) is 13.2 Å². The maximum Gasteiger partial charge on any atom is 0.569 e. The first kappa shape index (κ1) is 47.3. The van der Waals surface area contributed by atoms with Gasteiger partial charge >= 0.3 is 7.69 Å². The highest BCUT2D eigenvalue weighted by Crippen LogP contribution is 2.19. The zero-order chi connectivity index (χ0) is 43.3. The Labute approximate surface area is 385 Å². The molecule has 8 rings (SSSR count). The average Bonchev–Trinajstić information content (AvgIpc) is 3.95. The van der Waals surface area contributed by atoms with Crippen LogP contribution in [-0.4, -0.2) is 52.4 Å². The Morgan fingerprint density at radius 3 is 1.58 bits per heavy atom. The van der Waals surface area contributed by atoms with Crippen molar-refractivity contribution in [3.63, 3.8) is 0 Å². The van der Waals surface area contributed by atoms with E-state index < -0.39 is 0 Å². The molecule has 5 aromatic heterocycles. The fourth-order valence-corrected chi connectivity index (χ4v) is 5.10. The SMILES string of the molecule is C#Cc1ccccn1.Clc1[nH]ncc1I.Fc1ccc(-n2cc(C#Cc3ccccn3)c(Cl)n2)cc1.Fc1ccc(-n2cc(I)c(Cl)n2)cc1.O[B]Oc1ccc(F)cc1. The van der Waals surface area contributed by atoms with E-state index in [1.165, 1.54) is 48.5 Å². The van der Waals surface area contributed by atoms with Gasteiger partial charge in [-0.05, 0) is 148 Å². The van der Waals surface area contributed by atoms with E-state index in [-0.39, 0.29) is 17.5 Å². The molecule has 0 saturated carbocycles. The summed E-state index contributed by atoms with van der Waals surface area (Å²) in [6.45, 7) is 0. The van der Waals surface area contributed by atoms with Gasteiger partial charge in [-0.25, -0.2) is 32.5 Å². The first-order valence-electron chi connectivity index (χ1n) is 16.7. The van der Waals surface area contributed by atoms with Gasteiger partial charge in [0, 0.05) is 24.8 Å². The molecule has 0 bridgehead atoms. The second-order valence-corrected chi connectivity index (χ2v) is 14.4. The number of aromatic amines is 1. The first-order valence-corrected chi connectivity index (χ1v) is 20.0. The lowest BCUT2D eigenvalue weighted by Crippen LogP contribution is -1.99.